The maximum Gasteiger partial charge on any atom is 0.263 e. The van der Waals surface area contributed by atoms with Gasteiger partial charge in [-0.05, 0) is 55.4 Å². The van der Waals surface area contributed by atoms with E-state index in [4.69, 9.17) is 4.98 Å². The minimum atomic E-state index is -0.0226. The Morgan fingerprint density at radius 1 is 1.06 bits per heavy atom. The molecule has 0 radical (unpaired) electrons. The fourth-order valence-electron chi connectivity index (χ4n) is 4.43. The third-order valence-electron chi connectivity index (χ3n) is 6.35. The van der Waals surface area contributed by atoms with Crippen molar-refractivity contribution in [3.05, 3.63) is 87.0 Å². The molecule has 174 valence electrons. The molecule has 0 fully saturated rings. The van der Waals surface area contributed by atoms with Crippen LogP contribution in [0.3, 0.4) is 0 Å². The number of amides is 1. The number of carbonyl (C=O) groups is 1. The SMILES string of the molecule is CN(C(=O)CSc1nc2sc3c(c2c(=O)n1CCc1ccccc1)CCCC3)c1ccccc1. The zero-order valence-electron chi connectivity index (χ0n) is 19.2. The van der Waals surface area contributed by atoms with Gasteiger partial charge in [0.1, 0.15) is 4.83 Å². The van der Waals surface area contributed by atoms with Gasteiger partial charge in [0, 0.05) is 24.2 Å². The first-order chi connectivity index (χ1) is 16.6. The Labute approximate surface area is 207 Å². The normalized spacial score (nSPS) is 13.1. The molecule has 1 aliphatic carbocycles. The summed E-state index contributed by atoms with van der Waals surface area (Å²) >= 11 is 3.01. The Kier molecular flexibility index (Phi) is 6.83. The van der Waals surface area contributed by atoms with Crippen LogP contribution in [-0.2, 0) is 30.6 Å². The molecule has 1 aliphatic rings. The molecule has 0 spiro atoms. The van der Waals surface area contributed by atoms with E-state index >= 15 is 0 Å². The zero-order chi connectivity index (χ0) is 23.5. The molecule has 1 amide bonds. The smallest absolute Gasteiger partial charge is 0.263 e. The first-order valence-corrected chi connectivity index (χ1v) is 13.5. The number of hydrogen-bond acceptors (Lipinski definition) is 5. The molecular weight excluding hydrogens is 462 g/mol. The van der Waals surface area contributed by atoms with Crippen molar-refractivity contribution in [3.8, 4) is 0 Å². The highest BCUT2D eigenvalue weighted by Crippen LogP contribution is 2.34. The second-order valence-electron chi connectivity index (χ2n) is 8.55. The molecule has 0 saturated heterocycles. The molecule has 2 aromatic carbocycles. The predicted molar refractivity (Wildman–Crippen MR) is 141 cm³/mol. The van der Waals surface area contributed by atoms with Crippen molar-refractivity contribution in [2.75, 3.05) is 17.7 Å². The first kappa shape index (κ1) is 22.9. The van der Waals surface area contributed by atoms with Crippen molar-refractivity contribution >= 4 is 44.9 Å². The summed E-state index contributed by atoms with van der Waals surface area (Å²) in [5.74, 6) is 0.199. The number of aryl methyl sites for hydroxylation is 3. The summed E-state index contributed by atoms with van der Waals surface area (Å²) in [6.45, 7) is 0.543. The van der Waals surface area contributed by atoms with E-state index < -0.39 is 0 Å². The van der Waals surface area contributed by atoms with Crippen molar-refractivity contribution in [2.45, 2.75) is 43.8 Å². The van der Waals surface area contributed by atoms with E-state index in [-0.39, 0.29) is 17.2 Å². The number of benzene rings is 2. The largest absolute Gasteiger partial charge is 0.315 e. The lowest BCUT2D eigenvalue weighted by atomic mass is 9.97. The monoisotopic (exact) mass is 489 g/mol. The Morgan fingerprint density at radius 2 is 1.76 bits per heavy atom. The van der Waals surface area contributed by atoms with Crippen LogP contribution in [0.25, 0.3) is 10.2 Å². The maximum atomic E-state index is 13.7. The highest BCUT2D eigenvalue weighted by molar-refractivity contribution is 7.99. The van der Waals surface area contributed by atoms with Gasteiger partial charge in [-0.25, -0.2) is 4.98 Å². The number of anilines is 1. The van der Waals surface area contributed by atoms with Crippen LogP contribution in [0.15, 0.2) is 70.6 Å². The molecule has 0 saturated carbocycles. The highest BCUT2D eigenvalue weighted by atomic mass is 32.2. The molecule has 0 bridgehead atoms. The van der Waals surface area contributed by atoms with E-state index in [1.54, 1.807) is 27.9 Å². The van der Waals surface area contributed by atoms with E-state index in [1.165, 1.54) is 34.2 Å². The lowest BCUT2D eigenvalue weighted by molar-refractivity contribution is -0.115. The second kappa shape index (κ2) is 10.2. The van der Waals surface area contributed by atoms with Crippen LogP contribution in [0.5, 0.6) is 0 Å². The van der Waals surface area contributed by atoms with Gasteiger partial charge in [-0.2, -0.15) is 0 Å². The van der Waals surface area contributed by atoms with E-state index in [2.05, 4.69) is 12.1 Å². The first-order valence-electron chi connectivity index (χ1n) is 11.6. The molecule has 2 heterocycles. The standard InChI is InChI=1S/C27H27N3O2S2/c1-29(20-12-6-3-7-13-20)23(31)18-33-27-28-25-24(21-14-8-9-15-22(21)34-25)26(32)30(27)17-16-19-10-4-2-5-11-19/h2-7,10-13H,8-9,14-18H2,1H3. The van der Waals surface area contributed by atoms with Crippen molar-refractivity contribution < 1.29 is 4.79 Å². The van der Waals surface area contributed by atoms with Crippen LogP contribution in [0.4, 0.5) is 5.69 Å². The third kappa shape index (κ3) is 4.68. The van der Waals surface area contributed by atoms with Gasteiger partial charge in [0.25, 0.3) is 5.56 Å². The van der Waals surface area contributed by atoms with E-state index in [0.29, 0.717) is 11.7 Å². The average Bonchev–Trinajstić information content (AvgIpc) is 3.26. The summed E-state index contributed by atoms with van der Waals surface area (Å²) in [4.78, 5) is 35.3. The van der Waals surface area contributed by atoms with Crippen LogP contribution >= 0.6 is 23.1 Å². The summed E-state index contributed by atoms with van der Waals surface area (Å²) in [5.41, 5.74) is 3.27. The van der Waals surface area contributed by atoms with E-state index in [0.717, 1.165) is 41.6 Å². The molecule has 5 nitrogen and oxygen atoms in total. The summed E-state index contributed by atoms with van der Waals surface area (Å²) in [5, 5.41) is 1.42. The molecule has 2 aromatic heterocycles. The molecule has 5 rings (SSSR count). The maximum absolute atomic E-state index is 13.7. The van der Waals surface area contributed by atoms with Crippen molar-refractivity contribution in [2.24, 2.45) is 0 Å². The van der Waals surface area contributed by atoms with E-state index in [1.807, 2.05) is 48.5 Å². The molecule has 4 aromatic rings. The minimum absolute atomic E-state index is 0.0226. The Hall–Kier alpha value is -2.90. The van der Waals surface area contributed by atoms with Gasteiger partial charge in [-0.1, -0.05) is 60.3 Å². The summed E-state index contributed by atoms with van der Waals surface area (Å²) < 4.78 is 1.79. The van der Waals surface area contributed by atoms with Gasteiger partial charge in [0.05, 0.1) is 11.1 Å². The highest BCUT2D eigenvalue weighted by Gasteiger charge is 2.23. The lowest BCUT2D eigenvalue weighted by Gasteiger charge is -2.18. The molecule has 0 atom stereocenters. The number of para-hydroxylation sites is 1. The minimum Gasteiger partial charge on any atom is -0.315 e. The fourth-order valence-corrected chi connectivity index (χ4v) is 6.67. The summed E-state index contributed by atoms with van der Waals surface area (Å²) in [6.07, 6.45) is 5.02. The number of aromatic nitrogens is 2. The van der Waals surface area contributed by atoms with Crippen LogP contribution in [0, 0.1) is 0 Å². The quantitative estimate of drug-likeness (QED) is 0.260. The van der Waals surface area contributed by atoms with E-state index in [9.17, 15) is 9.59 Å². The molecular formula is C27H27N3O2S2. The average molecular weight is 490 g/mol. The number of fused-ring (bicyclic) bond motifs is 3. The Balaban J connectivity index is 1.46. The fraction of sp³-hybridized carbons (Fsp3) is 0.296. The molecule has 34 heavy (non-hydrogen) atoms. The van der Waals surface area contributed by atoms with Gasteiger partial charge in [-0.3, -0.25) is 14.2 Å². The van der Waals surface area contributed by atoms with Crippen molar-refractivity contribution in [1.29, 1.82) is 0 Å². The summed E-state index contributed by atoms with van der Waals surface area (Å²) in [6, 6.07) is 19.8. The van der Waals surface area contributed by atoms with Gasteiger partial charge in [-0.15, -0.1) is 11.3 Å². The molecule has 0 N–H and O–H groups in total. The number of thiophene rings is 1. The van der Waals surface area contributed by atoms with Crippen molar-refractivity contribution in [3.63, 3.8) is 0 Å². The Morgan fingerprint density at radius 3 is 2.53 bits per heavy atom. The number of nitrogens with zero attached hydrogens (tertiary/aromatic N) is 3. The zero-order valence-corrected chi connectivity index (χ0v) is 20.8. The lowest BCUT2D eigenvalue weighted by Crippen LogP contribution is -2.29. The van der Waals surface area contributed by atoms with Crippen LogP contribution in [-0.4, -0.2) is 28.3 Å². The molecule has 0 aliphatic heterocycles. The second-order valence-corrected chi connectivity index (χ2v) is 10.6. The van der Waals surface area contributed by atoms with Crippen LogP contribution in [0.2, 0.25) is 0 Å². The third-order valence-corrected chi connectivity index (χ3v) is 8.50. The predicted octanol–water partition coefficient (Wildman–Crippen LogP) is 5.33. The number of carbonyl (C=O) groups excluding carboxylic acids is 1. The number of hydrogen-bond donors (Lipinski definition) is 0. The van der Waals surface area contributed by atoms with Gasteiger partial charge in [0.2, 0.25) is 5.91 Å². The van der Waals surface area contributed by atoms with Gasteiger partial charge in [0.15, 0.2) is 5.16 Å². The topological polar surface area (TPSA) is 55.2 Å². The van der Waals surface area contributed by atoms with Gasteiger partial charge >= 0.3 is 0 Å². The van der Waals surface area contributed by atoms with Gasteiger partial charge < -0.3 is 4.90 Å². The van der Waals surface area contributed by atoms with Crippen LogP contribution in [0.1, 0.15) is 28.8 Å². The van der Waals surface area contributed by atoms with Crippen LogP contribution < -0.4 is 10.5 Å². The number of rotatable bonds is 7. The summed E-state index contributed by atoms with van der Waals surface area (Å²) in [7, 11) is 1.78. The molecule has 7 heteroatoms. The molecule has 0 unspecified atom stereocenters. The Bertz CT molecular complexity index is 1360. The van der Waals surface area contributed by atoms with Crippen molar-refractivity contribution in [1.82, 2.24) is 9.55 Å². The number of thioether (sulfide) groups is 1.